The van der Waals surface area contributed by atoms with Crippen LogP contribution in [-0.4, -0.2) is 0 Å². The van der Waals surface area contributed by atoms with Crippen molar-refractivity contribution in [3.63, 3.8) is 0 Å². The smallest absolute Gasteiger partial charge is 0.0273 e. The molecule has 0 N–H and O–H groups in total. The monoisotopic (exact) mass is 200 g/mol. The summed E-state index contributed by atoms with van der Waals surface area (Å²) < 4.78 is 0. The summed E-state index contributed by atoms with van der Waals surface area (Å²) in [7, 11) is 0. The van der Waals surface area contributed by atoms with Crippen LogP contribution in [0.5, 0.6) is 0 Å². The number of unbranched alkanes of at least 4 members (excludes halogenated alkanes) is 1. The summed E-state index contributed by atoms with van der Waals surface area (Å²) in [4.78, 5) is 0. The van der Waals surface area contributed by atoms with E-state index in [1.54, 1.807) is 0 Å². The zero-order chi connectivity index (χ0) is 10.9. The third-order valence-electron chi connectivity index (χ3n) is 2.59. The van der Waals surface area contributed by atoms with Crippen LogP contribution in [0.1, 0.15) is 30.9 Å². The molecule has 0 saturated heterocycles. The Hall–Kier alpha value is -1.30. The van der Waals surface area contributed by atoms with E-state index in [9.17, 15) is 0 Å². The Balaban J connectivity index is 2.42. The third kappa shape index (κ3) is 4.16. The van der Waals surface area contributed by atoms with Crippen molar-refractivity contribution in [2.75, 3.05) is 0 Å². The van der Waals surface area contributed by atoms with Crippen molar-refractivity contribution in [2.24, 2.45) is 0 Å². The van der Waals surface area contributed by atoms with Crippen molar-refractivity contribution >= 4 is 0 Å². The summed E-state index contributed by atoms with van der Waals surface area (Å²) in [6.07, 6.45) is 10.7. The predicted molar refractivity (Wildman–Crippen MR) is 68.1 cm³/mol. The Kier molecular flexibility index (Phi) is 5.54. The second kappa shape index (κ2) is 7.05. The van der Waals surface area contributed by atoms with Crippen LogP contribution in [-0.2, 0) is 12.8 Å². The molecule has 0 unspecified atom stereocenters. The minimum absolute atomic E-state index is 1.14. The van der Waals surface area contributed by atoms with Gasteiger partial charge in [-0.15, -0.1) is 0 Å². The molecule has 1 aromatic rings. The van der Waals surface area contributed by atoms with Gasteiger partial charge in [0.2, 0.25) is 0 Å². The average Bonchev–Trinajstić information content (AvgIpc) is 2.29. The van der Waals surface area contributed by atoms with Crippen LogP contribution < -0.4 is 0 Å². The molecule has 1 rings (SSSR count). The number of hydrogen-bond donors (Lipinski definition) is 0. The first-order valence-electron chi connectivity index (χ1n) is 5.72. The Morgan fingerprint density at radius 1 is 1.20 bits per heavy atom. The lowest BCUT2D eigenvalue weighted by molar-refractivity contribution is 0.831. The first kappa shape index (κ1) is 11.8. The summed E-state index contributed by atoms with van der Waals surface area (Å²) in [6.45, 7) is 5.88. The maximum Gasteiger partial charge on any atom is -0.0273 e. The predicted octanol–water partition coefficient (Wildman–Crippen LogP) is 4.31. The van der Waals surface area contributed by atoms with Gasteiger partial charge in [-0.3, -0.25) is 0 Å². The fourth-order valence-corrected chi connectivity index (χ4v) is 1.75. The number of rotatable bonds is 6. The van der Waals surface area contributed by atoms with Crippen molar-refractivity contribution in [1.29, 1.82) is 0 Å². The standard InChI is InChI=1S/C15H20/c1-3-5-6-7-8-12-15-13-10-9-11-14(15)4-2/h3,5-6,9-11,13H,1,4,7-8,12H2,2H3. The molecule has 0 aliphatic carbocycles. The third-order valence-corrected chi connectivity index (χ3v) is 2.59. The van der Waals surface area contributed by atoms with Gasteiger partial charge in [-0.05, 0) is 36.8 Å². The molecule has 80 valence electrons. The highest BCUT2D eigenvalue weighted by Crippen LogP contribution is 2.12. The summed E-state index contributed by atoms with van der Waals surface area (Å²) in [5, 5.41) is 0. The molecule has 0 nitrogen and oxygen atoms in total. The Labute approximate surface area is 93.3 Å². The summed E-state index contributed by atoms with van der Waals surface area (Å²) >= 11 is 0. The second-order valence-corrected chi connectivity index (χ2v) is 3.68. The maximum atomic E-state index is 3.66. The first-order chi connectivity index (χ1) is 7.38. The molecule has 0 heterocycles. The van der Waals surface area contributed by atoms with Crippen molar-refractivity contribution in [1.82, 2.24) is 0 Å². The number of hydrogen-bond acceptors (Lipinski definition) is 0. The minimum atomic E-state index is 1.14. The van der Waals surface area contributed by atoms with Crippen LogP contribution in [0.2, 0.25) is 0 Å². The quantitative estimate of drug-likeness (QED) is 0.474. The van der Waals surface area contributed by atoms with Crippen molar-refractivity contribution in [2.45, 2.75) is 32.6 Å². The largest absolute Gasteiger partial charge is 0.0991 e. The summed E-state index contributed by atoms with van der Waals surface area (Å²) in [5.41, 5.74) is 3.00. The molecule has 0 aromatic heterocycles. The van der Waals surface area contributed by atoms with Crippen LogP contribution in [0, 0.1) is 0 Å². The topological polar surface area (TPSA) is 0 Å². The molecular formula is C15H20. The van der Waals surface area contributed by atoms with Crippen LogP contribution in [0.4, 0.5) is 0 Å². The van der Waals surface area contributed by atoms with E-state index < -0.39 is 0 Å². The zero-order valence-electron chi connectivity index (χ0n) is 9.58. The van der Waals surface area contributed by atoms with Gasteiger partial charge in [-0.1, -0.05) is 56.0 Å². The average molecular weight is 200 g/mol. The molecule has 0 atom stereocenters. The lowest BCUT2D eigenvalue weighted by Gasteiger charge is -2.05. The highest BCUT2D eigenvalue weighted by molar-refractivity contribution is 5.27. The minimum Gasteiger partial charge on any atom is -0.0991 e. The normalized spacial score (nSPS) is 10.7. The Bertz CT molecular complexity index is 321. The fraction of sp³-hybridized carbons (Fsp3) is 0.333. The van der Waals surface area contributed by atoms with Crippen molar-refractivity contribution < 1.29 is 0 Å². The SMILES string of the molecule is C=CC=CCCCc1ccccc1CC. The van der Waals surface area contributed by atoms with Gasteiger partial charge in [0, 0.05) is 0 Å². The lowest BCUT2D eigenvalue weighted by atomic mass is 10.0. The molecule has 0 fully saturated rings. The molecule has 0 radical (unpaired) electrons. The van der Waals surface area contributed by atoms with Crippen LogP contribution in [0.25, 0.3) is 0 Å². The Morgan fingerprint density at radius 2 is 1.93 bits per heavy atom. The van der Waals surface area contributed by atoms with Gasteiger partial charge < -0.3 is 0 Å². The highest BCUT2D eigenvalue weighted by Gasteiger charge is 1.97. The summed E-state index contributed by atoms with van der Waals surface area (Å²) in [5.74, 6) is 0. The lowest BCUT2D eigenvalue weighted by Crippen LogP contribution is -1.91. The maximum absolute atomic E-state index is 3.66. The van der Waals surface area contributed by atoms with E-state index in [0.717, 1.165) is 12.8 Å². The fourth-order valence-electron chi connectivity index (χ4n) is 1.75. The van der Waals surface area contributed by atoms with E-state index in [2.05, 4.69) is 43.8 Å². The van der Waals surface area contributed by atoms with Gasteiger partial charge in [0.1, 0.15) is 0 Å². The molecule has 0 spiro atoms. The van der Waals surface area contributed by atoms with E-state index in [0.29, 0.717) is 0 Å². The number of aryl methyl sites for hydroxylation is 2. The van der Waals surface area contributed by atoms with Crippen LogP contribution in [0.15, 0.2) is 49.1 Å². The van der Waals surface area contributed by atoms with Crippen LogP contribution >= 0.6 is 0 Å². The van der Waals surface area contributed by atoms with Gasteiger partial charge in [0.25, 0.3) is 0 Å². The van der Waals surface area contributed by atoms with E-state index in [4.69, 9.17) is 0 Å². The molecule has 15 heavy (non-hydrogen) atoms. The van der Waals surface area contributed by atoms with E-state index in [-0.39, 0.29) is 0 Å². The molecule has 1 aromatic carbocycles. The van der Waals surface area contributed by atoms with Gasteiger partial charge in [0.05, 0.1) is 0 Å². The van der Waals surface area contributed by atoms with E-state index in [1.165, 1.54) is 24.0 Å². The Morgan fingerprint density at radius 3 is 2.60 bits per heavy atom. The zero-order valence-corrected chi connectivity index (χ0v) is 9.58. The first-order valence-corrected chi connectivity index (χ1v) is 5.72. The highest BCUT2D eigenvalue weighted by atomic mass is 14.0. The van der Waals surface area contributed by atoms with E-state index in [1.807, 2.05) is 12.2 Å². The molecule has 0 bridgehead atoms. The summed E-state index contributed by atoms with van der Waals surface area (Å²) in [6, 6.07) is 8.74. The molecule has 0 saturated carbocycles. The van der Waals surface area contributed by atoms with Gasteiger partial charge in [-0.25, -0.2) is 0 Å². The molecular weight excluding hydrogens is 180 g/mol. The van der Waals surface area contributed by atoms with Gasteiger partial charge in [0.15, 0.2) is 0 Å². The van der Waals surface area contributed by atoms with Gasteiger partial charge >= 0.3 is 0 Å². The molecule has 0 aliphatic heterocycles. The number of allylic oxidation sites excluding steroid dienone is 3. The molecule has 0 heteroatoms. The number of benzene rings is 1. The van der Waals surface area contributed by atoms with E-state index >= 15 is 0 Å². The van der Waals surface area contributed by atoms with Crippen molar-refractivity contribution in [3.8, 4) is 0 Å². The molecule has 0 aliphatic rings. The van der Waals surface area contributed by atoms with Crippen molar-refractivity contribution in [3.05, 3.63) is 60.2 Å². The second-order valence-electron chi connectivity index (χ2n) is 3.68. The molecule has 0 amide bonds. The van der Waals surface area contributed by atoms with Crippen LogP contribution in [0.3, 0.4) is 0 Å². The van der Waals surface area contributed by atoms with Gasteiger partial charge in [-0.2, -0.15) is 0 Å².